The molecule has 1 atom stereocenters. The molecule has 0 radical (unpaired) electrons. The fourth-order valence-electron chi connectivity index (χ4n) is 7.18. The summed E-state index contributed by atoms with van der Waals surface area (Å²) in [6.07, 6.45) is -0.0104. The number of rotatable bonds is 6. The van der Waals surface area contributed by atoms with Crippen LogP contribution in [-0.2, 0) is 19.9 Å². The van der Waals surface area contributed by atoms with Gasteiger partial charge in [-0.1, -0.05) is 12.1 Å². The molecular weight excluding hydrogens is 477 g/mol. The first-order valence-electron chi connectivity index (χ1n) is 11.4. The van der Waals surface area contributed by atoms with E-state index < -0.39 is 42.3 Å². The number of ether oxygens (including phenoxy) is 2. The topological polar surface area (TPSA) is 94.2 Å². The fraction of sp³-hybridized carbons (Fsp3) is 0.609. The molecule has 35 heavy (non-hydrogen) atoms. The van der Waals surface area contributed by atoms with Crippen molar-refractivity contribution in [2.45, 2.75) is 56.9 Å². The second-order valence-corrected chi connectivity index (χ2v) is 10.1. The highest BCUT2D eigenvalue weighted by molar-refractivity contribution is 6.07. The zero-order chi connectivity index (χ0) is 25.2. The zero-order valence-electron chi connectivity index (χ0n) is 18.6. The van der Waals surface area contributed by atoms with Crippen molar-refractivity contribution in [2.24, 2.45) is 33.9 Å². The van der Waals surface area contributed by atoms with E-state index in [2.05, 4.69) is 14.5 Å². The van der Waals surface area contributed by atoms with E-state index in [1.54, 1.807) is 0 Å². The molecule has 1 amide bonds. The van der Waals surface area contributed by atoms with Crippen LogP contribution >= 0.6 is 0 Å². The molecule has 4 aliphatic carbocycles. The van der Waals surface area contributed by atoms with Crippen molar-refractivity contribution in [1.29, 1.82) is 0 Å². The van der Waals surface area contributed by atoms with Crippen LogP contribution in [0.3, 0.4) is 0 Å². The molecule has 12 heteroatoms. The Labute approximate surface area is 197 Å². The second kappa shape index (κ2) is 8.06. The Hall–Kier alpha value is -2.92. The highest BCUT2D eigenvalue weighted by atomic mass is 19.4. The van der Waals surface area contributed by atoms with E-state index in [-0.39, 0.29) is 11.7 Å². The van der Waals surface area contributed by atoms with E-state index in [0.29, 0.717) is 42.6 Å². The first-order chi connectivity index (χ1) is 16.4. The van der Waals surface area contributed by atoms with E-state index in [9.17, 15) is 31.5 Å². The van der Waals surface area contributed by atoms with Crippen molar-refractivity contribution >= 4 is 17.8 Å². The molecule has 5 aliphatic rings. The van der Waals surface area contributed by atoms with Gasteiger partial charge in [-0.3, -0.25) is 4.79 Å². The summed E-state index contributed by atoms with van der Waals surface area (Å²) in [6.45, 7) is -4.06. The van der Waals surface area contributed by atoms with Crippen molar-refractivity contribution in [2.75, 3.05) is 6.73 Å². The fourth-order valence-corrected chi connectivity index (χ4v) is 7.18. The SMILES string of the molecule is NC1=N[C@@](c2ccc(OC(F)F)cc2)(C23CC4CC(CC(C4)C2)C3)C(=O)N1COC(=O)C(F)(F)F. The molecule has 190 valence electrons. The van der Waals surface area contributed by atoms with Gasteiger partial charge in [-0.2, -0.15) is 22.0 Å². The Balaban J connectivity index is 1.54. The van der Waals surface area contributed by atoms with Gasteiger partial charge in [0, 0.05) is 5.41 Å². The van der Waals surface area contributed by atoms with Gasteiger partial charge >= 0.3 is 18.8 Å². The van der Waals surface area contributed by atoms with Gasteiger partial charge in [0.05, 0.1) is 0 Å². The van der Waals surface area contributed by atoms with Crippen molar-refractivity contribution in [3.63, 3.8) is 0 Å². The molecule has 4 bridgehead atoms. The summed E-state index contributed by atoms with van der Waals surface area (Å²) in [5.41, 5.74) is 4.23. The van der Waals surface area contributed by atoms with Crippen molar-refractivity contribution in [3.05, 3.63) is 29.8 Å². The third kappa shape index (κ3) is 3.81. The van der Waals surface area contributed by atoms with Crippen LogP contribution in [-0.4, -0.2) is 42.3 Å². The van der Waals surface area contributed by atoms with Crippen LogP contribution < -0.4 is 10.5 Å². The number of hydrogen-bond donors (Lipinski definition) is 1. The number of benzene rings is 1. The van der Waals surface area contributed by atoms with Crippen LogP contribution in [0.15, 0.2) is 29.3 Å². The van der Waals surface area contributed by atoms with E-state index in [1.807, 2.05) is 0 Å². The molecule has 1 heterocycles. The van der Waals surface area contributed by atoms with Crippen LogP contribution in [0.5, 0.6) is 5.75 Å². The molecule has 1 aliphatic heterocycles. The Morgan fingerprint density at radius 3 is 2.11 bits per heavy atom. The highest BCUT2D eigenvalue weighted by Gasteiger charge is 2.67. The Morgan fingerprint density at radius 1 is 1.09 bits per heavy atom. The molecule has 1 aromatic carbocycles. The molecule has 0 unspecified atom stereocenters. The van der Waals surface area contributed by atoms with Crippen molar-refractivity contribution in [3.8, 4) is 5.75 Å². The third-order valence-electron chi connectivity index (χ3n) is 7.97. The maximum absolute atomic E-state index is 14.0. The van der Waals surface area contributed by atoms with Crippen LogP contribution in [0.1, 0.15) is 44.1 Å². The Kier molecular flexibility index (Phi) is 5.48. The predicted octanol–water partition coefficient (Wildman–Crippen LogP) is 3.92. The van der Waals surface area contributed by atoms with Crippen LogP contribution in [0.4, 0.5) is 22.0 Å². The summed E-state index contributed by atoms with van der Waals surface area (Å²) < 4.78 is 72.1. The molecule has 0 aromatic heterocycles. The minimum atomic E-state index is -5.23. The van der Waals surface area contributed by atoms with Gasteiger partial charge in [0.25, 0.3) is 5.91 Å². The number of esters is 1. The highest BCUT2D eigenvalue weighted by Crippen LogP contribution is 2.67. The number of amides is 1. The number of alkyl halides is 5. The number of carbonyl (C=O) groups is 2. The lowest BCUT2D eigenvalue weighted by Crippen LogP contribution is -2.60. The number of hydrogen-bond acceptors (Lipinski definition) is 6. The van der Waals surface area contributed by atoms with Gasteiger partial charge in [0.1, 0.15) is 5.75 Å². The number of carbonyl (C=O) groups excluding carboxylic acids is 2. The number of aliphatic imine (C=N–C) groups is 1. The van der Waals surface area contributed by atoms with E-state index in [4.69, 9.17) is 5.73 Å². The Bertz CT molecular complexity index is 1020. The summed E-state index contributed by atoms with van der Waals surface area (Å²) in [5.74, 6) is -2.42. The molecule has 4 fully saturated rings. The van der Waals surface area contributed by atoms with Crippen molar-refractivity contribution < 1.29 is 41.0 Å². The zero-order valence-corrected chi connectivity index (χ0v) is 18.6. The maximum atomic E-state index is 14.0. The maximum Gasteiger partial charge on any atom is 0.490 e. The van der Waals surface area contributed by atoms with Gasteiger partial charge in [-0.05, 0) is 74.0 Å². The molecule has 2 N–H and O–H groups in total. The Morgan fingerprint density at radius 2 is 1.63 bits per heavy atom. The summed E-state index contributed by atoms with van der Waals surface area (Å²) in [5, 5.41) is 0. The molecule has 7 nitrogen and oxygen atoms in total. The first-order valence-corrected chi connectivity index (χ1v) is 11.4. The largest absolute Gasteiger partial charge is 0.490 e. The molecular formula is C23H24F5N3O4. The number of guanidine groups is 1. The van der Waals surface area contributed by atoms with Gasteiger partial charge in [-0.15, -0.1) is 0 Å². The molecule has 4 saturated carbocycles. The molecule has 0 saturated heterocycles. The second-order valence-electron chi connectivity index (χ2n) is 10.1. The minimum Gasteiger partial charge on any atom is -0.437 e. The number of halogens is 5. The lowest BCUT2D eigenvalue weighted by molar-refractivity contribution is -0.203. The van der Waals surface area contributed by atoms with E-state index in [1.165, 1.54) is 24.3 Å². The summed E-state index contributed by atoms with van der Waals surface area (Å²) in [7, 11) is 0. The first kappa shape index (κ1) is 23.8. The minimum absolute atomic E-state index is 0.109. The molecule has 0 spiro atoms. The predicted molar refractivity (Wildman–Crippen MR) is 111 cm³/mol. The van der Waals surface area contributed by atoms with Crippen LogP contribution in [0.25, 0.3) is 0 Å². The van der Waals surface area contributed by atoms with Gasteiger partial charge in [0.2, 0.25) is 5.96 Å². The lowest BCUT2D eigenvalue weighted by Gasteiger charge is -2.61. The monoisotopic (exact) mass is 501 g/mol. The van der Waals surface area contributed by atoms with Crippen LogP contribution in [0, 0.1) is 23.2 Å². The molecule has 1 aromatic rings. The van der Waals surface area contributed by atoms with E-state index >= 15 is 0 Å². The van der Waals surface area contributed by atoms with Crippen molar-refractivity contribution in [1.82, 2.24) is 4.90 Å². The van der Waals surface area contributed by atoms with E-state index in [0.717, 1.165) is 24.2 Å². The summed E-state index contributed by atoms with van der Waals surface area (Å²) in [6, 6.07) is 5.54. The number of nitrogens with two attached hydrogens (primary N) is 1. The van der Waals surface area contributed by atoms with Gasteiger partial charge in [0.15, 0.2) is 12.3 Å². The summed E-state index contributed by atoms with van der Waals surface area (Å²) in [4.78, 5) is 30.6. The quantitative estimate of drug-likeness (QED) is 0.471. The van der Waals surface area contributed by atoms with Crippen LogP contribution in [0.2, 0.25) is 0 Å². The summed E-state index contributed by atoms with van der Waals surface area (Å²) >= 11 is 0. The van der Waals surface area contributed by atoms with Gasteiger partial charge < -0.3 is 15.2 Å². The smallest absolute Gasteiger partial charge is 0.437 e. The van der Waals surface area contributed by atoms with Gasteiger partial charge in [-0.25, -0.2) is 14.7 Å². The molecule has 6 rings (SSSR count). The normalized spacial score (nSPS) is 33.9. The number of nitrogens with zero attached hydrogens (tertiary/aromatic N) is 2. The average molecular weight is 501 g/mol. The standard InChI is InChI=1S/C23H24F5N3O4/c24-19(25)35-16-3-1-15(2-4-16)22(21-8-12-5-13(9-21)7-14(6-12)10-21)17(32)31(20(29)30-22)11-34-18(33)23(26,27)28/h1-4,12-14,19H,5-11H2,(H2,29,30)/t12?,13?,14?,21?,22-/m1/s1. The average Bonchev–Trinajstić information content (AvgIpc) is 3.01. The third-order valence-corrected chi connectivity index (χ3v) is 7.97. The lowest BCUT2D eigenvalue weighted by atomic mass is 9.43.